The number of urea groups is 6. The van der Waals surface area contributed by atoms with E-state index in [0.29, 0.717) is 86.7 Å². The lowest BCUT2D eigenvalue weighted by Gasteiger charge is -2.21. The minimum absolute atomic E-state index is 0.101. The zero-order valence-corrected chi connectivity index (χ0v) is 81.6. The number of benzene rings is 12. The number of alkyl halides is 2. The van der Waals surface area contributed by atoms with Gasteiger partial charge in [0.15, 0.2) is 9.84 Å². The van der Waals surface area contributed by atoms with Crippen molar-refractivity contribution >= 4 is 91.7 Å². The van der Waals surface area contributed by atoms with E-state index in [1.165, 1.54) is 75.3 Å². The van der Waals surface area contributed by atoms with Gasteiger partial charge in [0.25, 0.3) is 5.92 Å². The highest BCUT2D eigenvalue weighted by Crippen LogP contribution is 2.29. The predicted octanol–water partition coefficient (Wildman–Crippen LogP) is 23.0. The van der Waals surface area contributed by atoms with Crippen molar-refractivity contribution in [3.63, 3.8) is 0 Å². The molecule has 12 aromatic rings. The number of anilines is 6. The predicted molar refractivity (Wildman–Crippen MR) is 548 cm³/mol. The van der Waals surface area contributed by atoms with Gasteiger partial charge >= 0.3 is 36.2 Å². The van der Waals surface area contributed by atoms with E-state index in [-0.39, 0.29) is 57.7 Å². The summed E-state index contributed by atoms with van der Waals surface area (Å²) >= 11 is 6.05. The van der Waals surface area contributed by atoms with Crippen LogP contribution < -0.4 is 78.0 Å². The van der Waals surface area contributed by atoms with Crippen molar-refractivity contribution in [2.45, 2.75) is 138 Å². The number of aryl methyl sites for hydroxylation is 5. The zero-order valence-electron chi connectivity index (χ0n) is 80.0. The van der Waals surface area contributed by atoms with Gasteiger partial charge in [0, 0.05) is 86.4 Å². The van der Waals surface area contributed by atoms with Crippen LogP contribution in [0.5, 0.6) is 28.7 Å². The van der Waals surface area contributed by atoms with Gasteiger partial charge in [-0.1, -0.05) is 187 Å². The van der Waals surface area contributed by atoms with Gasteiger partial charge in [-0.2, -0.15) is 0 Å². The standard InChI is InChI=1S/C21H28N2O2.C20H26N2O2.C17H18F2N2O2.C17H20N2O3S.C17H20N2O2.C16H17ClN2O2/c1-16(2)13-15-25-20-10-8-19(9-11-20)23-21(24)22-14-12-18-6-4-17(3)5-7-18;1-15-5-7-16(8-6-15)13-14-21-19(23)22-17-9-11-18(12-10-17)24-20(2,3)4;1-17(18,19)13-4-6-14(7-5-13)21-16(23)20-11-10-12-2-8-15(22)9-3-12;1-13-3-5-14(6-4-13)11-12-18-17(20)19-15-7-9-16(10-8-15)23(2,21)22;1-13-3-5-14(6-4-13)11-12-18-17(20)19-15-7-9-16(21-2)10-8-15;1-11-2-7-15(14(17)10-11)19-16(21)18-9-8-12-3-5-13(20)6-4-12/h4-11,16H,12-15H2,1-3H3,(H2,22,23,24);5-12H,13-14H2,1-4H3,(H2,21,22,23);2-9,22H,10-11H2,1H3,(H2,20,21,23);3-10H,11-12H2,1-2H3,(H2,18,19,20);3-10H,11-12H2,1-2H3,(H2,18,19,20);2-7,10,20H,8-9H2,1H3,(H2,18,19,21). The molecule has 29 heteroatoms. The Balaban J connectivity index is 0.000000224. The summed E-state index contributed by atoms with van der Waals surface area (Å²) in [6.45, 7) is 25.3. The van der Waals surface area contributed by atoms with Gasteiger partial charge in [-0.25, -0.2) is 46.0 Å². The average Bonchev–Trinajstić information content (AvgIpc) is 0.849. The minimum Gasteiger partial charge on any atom is -0.508 e. The van der Waals surface area contributed by atoms with Crippen molar-refractivity contribution in [1.82, 2.24) is 31.9 Å². The zero-order chi connectivity index (χ0) is 99.7. The first-order valence-electron chi connectivity index (χ1n) is 45.0. The number of hydrogen-bond acceptors (Lipinski definition) is 13. The van der Waals surface area contributed by atoms with E-state index in [2.05, 4.69) is 171 Å². The van der Waals surface area contributed by atoms with Crippen molar-refractivity contribution in [3.05, 3.63) is 357 Å². The van der Waals surface area contributed by atoms with E-state index in [0.717, 1.165) is 102 Å². The molecule has 0 atom stereocenters. The fraction of sp³-hybridized carbons (Fsp3) is 0.278. The number of phenols is 2. The summed E-state index contributed by atoms with van der Waals surface area (Å²) in [4.78, 5) is 71.1. The van der Waals surface area contributed by atoms with Gasteiger partial charge < -0.3 is 88.2 Å². The Morgan fingerprint density at radius 3 is 0.891 bits per heavy atom. The third-order valence-electron chi connectivity index (χ3n) is 20.1. The molecule has 0 aromatic heterocycles. The van der Waals surface area contributed by atoms with Gasteiger partial charge in [0.1, 0.15) is 34.3 Å². The van der Waals surface area contributed by atoms with Crippen LogP contribution in [0, 0.1) is 40.5 Å². The topological polar surface area (TPSA) is 349 Å². The second-order valence-electron chi connectivity index (χ2n) is 33.8. The van der Waals surface area contributed by atoms with Crippen LogP contribution in [0.25, 0.3) is 0 Å². The van der Waals surface area contributed by atoms with Crippen molar-refractivity contribution in [2.24, 2.45) is 5.92 Å². The molecule has 25 nitrogen and oxygen atoms in total. The average molecular weight is 1910 g/mol. The van der Waals surface area contributed by atoms with Gasteiger partial charge in [0.05, 0.1) is 29.3 Å². The molecule has 0 heterocycles. The van der Waals surface area contributed by atoms with Crippen LogP contribution in [0.15, 0.2) is 290 Å². The number of methoxy groups -OCH3 is 1. The number of halogens is 3. The van der Waals surface area contributed by atoms with Crippen LogP contribution in [0.4, 0.5) is 71.7 Å². The molecule has 0 fully saturated rings. The molecule has 0 aliphatic heterocycles. The SMILES string of the molecule is CC(F)(F)c1ccc(NC(=O)NCCc2ccc(O)cc2)cc1.COc1ccc(NC(=O)NCCc2ccc(C)cc2)cc1.Cc1ccc(CCNC(=O)Nc2ccc(OC(C)(C)C)cc2)cc1.Cc1ccc(CCNC(=O)Nc2ccc(OCCC(C)C)cc2)cc1.Cc1ccc(CCNC(=O)Nc2ccc(S(C)(=O)=O)cc2)cc1.Cc1ccc(NC(=O)NCCc2ccc(O)cc2)c(Cl)c1. The van der Waals surface area contributed by atoms with Gasteiger partial charge in [0.2, 0.25) is 0 Å². The molecule has 0 spiro atoms. The number of phenolic OH excluding ortho intramolecular Hbond substituents is 2. The number of nitrogens with one attached hydrogen (secondary N) is 12. The Bertz CT molecular complexity index is 5790. The number of carbonyl (C=O) groups excluding carboxylic acids is 6. The third-order valence-corrected chi connectivity index (χ3v) is 21.5. The lowest BCUT2D eigenvalue weighted by Crippen LogP contribution is -2.30. The number of rotatable bonds is 32. The van der Waals surface area contributed by atoms with Crippen LogP contribution in [0.2, 0.25) is 5.02 Å². The first-order valence-corrected chi connectivity index (χ1v) is 47.3. The monoisotopic (exact) mass is 1910 g/mol. The Hall–Kier alpha value is -14.6. The molecule has 0 unspecified atom stereocenters. The Morgan fingerprint density at radius 1 is 0.358 bits per heavy atom. The summed E-state index contributed by atoms with van der Waals surface area (Å²) < 4.78 is 65.4. The normalized spacial score (nSPS) is 10.7. The van der Waals surface area contributed by atoms with Crippen LogP contribution in [-0.4, -0.2) is 120 Å². The summed E-state index contributed by atoms with van der Waals surface area (Å²) in [5.41, 5.74) is 16.3. The molecule has 14 N–H and O–H groups in total. The summed E-state index contributed by atoms with van der Waals surface area (Å²) in [5.74, 6) is 0.535. The smallest absolute Gasteiger partial charge is 0.319 e. The second-order valence-corrected chi connectivity index (χ2v) is 36.3. The number of carbonyl (C=O) groups is 6. The molecule has 12 rings (SSSR count). The van der Waals surface area contributed by atoms with Crippen molar-refractivity contribution in [1.29, 1.82) is 0 Å². The fourth-order valence-corrected chi connectivity index (χ4v) is 13.3. The van der Waals surface area contributed by atoms with Crippen molar-refractivity contribution in [2.75, 3.05) is 91.1 Å². The number of hydrogen-bond donors (Lipinski definition) is 14. The van der Waals surface area contributed by atoms with Gasteiger partial charge in [-0.15, -0.1) is 0 Å². The second kappa shape index (κ2) is 57.2. The van der Waals surface area contributed by atoms with E-state index < -0.39 is 21.8 Å². The third kappa shape index (κ3) is 46.2. The molecule has 0 aliphatic carbocycles. The van der Waals surface area contributed by atoms with E-state index in [9.17, 15) is 56.2 Å². The summed E-state index contributed by atoms with van der Waals surface area (Å²) in [6, 6.07) is 84.2. The van der Waals surface area contributed by atoms with Crippen LogP contribution in [0.1, 0.15) is 115 Å². The molecule has 0 bridgehead atoms. The van der Waals surface area contributed by atoms with Crippen LogP contribution in [0.3, 0.4) is 0 Å². The van der Waals surface area contributed by atoms with E-state index >= 15 is 0 Å². The maximum absolute atomic E-state index is 13.1. The first kappa shape index (κ1) is 109. The molecule has 12 aromatic carbocycles. The highest BCUT2D eigenvalue weighted by molar-refractivity contribution is 7.90. The van der Waals surface area contributed by atoms with Gasteiger partial charge in [-0.05, 0) is 291 Å². The van der Waals surface area contributed by atoms with Crippen molar-refractivity contribution in [3.8, 4) is 28.7 Å². The molecular weight excluding hydrogens is 1780 g/mol. The molecule has 12 amide bonds. The highest BCUT2D eigenvalue weighted by atomic mass is 35.5. The Labute approximate surface area is 809 Å². The minimum atomic E-state index is -3.22. The lowest BCUT2D eigenvalue weighted by molar-refractivity contribution is 0.0174. The maximum Gasteiger partial charge on any atom is 0.319 e. The molecule has 0 saturated carbocycles. The molecule has 0 aliphatic rings. The fourth-order valence-electron chi connectivity index (χ4n) is 12.3. The summed E-state index contributed by atoms with van der Waals surface area (Å²) in [7, 11) is -1.61. The Morgan fingerprint density at radius 2 is 0.620 bits per heavy atom. The highest BCUT2D eigenvalue weighted by Gasteiger charge is 2.24. The molecule has 137 heavy (non-hydrogen) atoms. The van der Waals surface area contributed by atoms with E-state index in [1.807, 2.05) is 138 Å². The largest absolute Gasteiger partial charge is 0.508 e. The molecular formula is C108H129ClF2N12O13S. The summed E-state index contributed by atoms with van der Waals surface area (Å²) in [5, 5.41) is 52.1. The maximum atomic E-state index is 13.1. The first-order chi connectivity index (χ1) is 65.2. The molecule has 0 radical (unpaired) electrons. The number of amides is 12. The molecule has 726 valence electrons. The lowest BCUT2D eigenvalue weighted by atomic mass is 10.1. The van der Waals surface area contributed by atoms with Gasteiger partial charge in [-0.3, -0.25) is 0 Å². The van der Waals surface area contributed by atoms with Crippen molar-refractivity contribution < 1.29 is 70.4 Å². The van der Waals surface area contributed by atoms with E-state index in [1.54, 1.807) is 79.9 Å². The number of ether oxygens (including phenoxy) is 3. The Kier molecular flexibility index (Phi) is 45.6. The summed E-state index contributed by atoms with van der Waals surface area (Å²) in [6.07, 6.45) is 6.68. The van der Waals surface area contributed by atoms with Crippen LogP contribution >= 0.6 is 11.6 Å². The number of sulfone groups is 1. The van der Waals surface area contributed by atoms with Crippen LogP contribution in [-0.2, 0) is 54.3 Å². The molecule has 0 saturated heterocycles. The number of aromatic hydroxyl groups is 2. The quantitative estimate of drug-likeness (QED) is 0.0187. The van der Waals surface area contributed by atoms with E-state index in [4.69, 9.17) is 25.8 Å².